The van der Waals surface area contributed by atoms with E-state index in [-0.39, 0.29) is 5.56 Å². The molecule has 0 fully saturated rings. The highest BCUT2D eigenvalue weighted by Crippen LogP contribution is 2.36. The molecule has 0 radical (unpaired) electrons. The van der Waals surface area contributed by atoms with E-state index >= 15 is 0 Å². The Balaban J connectivity index is 2.49. The first-order chi connectivity index (χ1) is 8.90. The smallest absolute Gasteiger partial charge is 0.131 e. The number of benzene rings is 2. The molecule has 100 valence electrons. The van der Waals surface area contributed by atoms with E-state index in [1.807, 2.05) is 0 Å². The van der Waals surface area contributed by atoms with Gasteiger partial charge < -0.3 is 0 Å². The maximum Gasteiger partial charge on any atom is 0.131 e. The van der Waals surface area contributed by atoms with Crippen molar-refractivity contribution in [2.45, 2.75) is 12.3 Å². The van der Waals surface area contributed by atoms with Gasteiger partial charge in [0.2, 0.25) is 0 Å². The number of halogens is 5. The molecule has 5 heteroatoms. The van der Waals surface area contributed by atoms with Crippen LogP contribution in [0.5, 0.6) is 0 Å². The van der Waals surface area contributed by atoms with Gasteiger partial charge in [-0.15, -0.1) is 11.6 Å². The summed E-state index contributed by atoms with van der Waals surface area (Å²) in [5.41, 5.74) is 0.987. The highest BCUT2D eigenvalue weighted by atomic mass is 79.9. The molecule has 0 spiro atoms. The van der Waals surface area contributed by atoms with Crippen molar-refractivity contribution in [3.63, 3.8) is 0 Å². The number of hydrogen-bond donors (Lipinski definition) is 0. The second kappa shape index (κ2) is 5.55. The molecule has 2 rings (SSSR count). The second-order valence-corrected chi connectivity index (χ2v) is 5.44. The minimum absolute atomic E-state index is 0.160. The van der Waals surface area contributed by atoms with Gasteiger partial charge in [0.25, 0.3) is 0 Å². The van der Waals surface area contributed by atoms with Gasteiger partial charge in [-0.25, -0.2) is 13.2 Å². The van der Waals surface area contributed by atoms with E-state index in [9.17, 15) is 13.2 Å². The van der Waals surface area contributed by atoms with Gasteiger partial charge in [-0.2, -0.15) is 0 Å². The molecule has 19 heavy (non-hydrogen) atoms. The van der Waals surface area contributed by atoms with E-state index in [0.717, 1.165) is 6.07 Å². The van der Waals surface area contributed by atoms with Gasteiger partial charge in [-0.05, 0) is 36.2 Å². The molecule has 2 aromatic carbocycles. The van der Waals surface area contributed by atoms with Crippen molar-refractivity contribution in [3.8, 4) is 0 Å². The first kappa shape index (κ1) is 14.4. The van der Waals surface area contributed by atoms with E-state index < -0.39 is 22.8 Å². The van der Waals surface area contributed by atoms with Gasteiger partial charge in [-0.1, -0.05) is 22.0 Å². The van der Waals surface area contributed by atoms with Crippen LogP contribution in [-0.2, 0) is 0 Å². The van der Waals surface area contributed by atoms with Crippen LogP contribution >= 0.6 is 27.5 Å². The molecule has 1 unspecified atom stereocenters. The fourth-order valence-electron chi connectivity index (χ4n) is 1.75. The van der Waals surface area contributed by atoms with Crippen LogP contribution in [0.3, 0.4) is 0 Å². The maximum absolute atomic E-state index is 13.8. The first-order valence-corrected chi connectivity index (χ1v) is 6.67. The molecule has 0 aliphatic heterocycles. The number of alkyl halides is 1. The third-order valence-electron chi connectivity index (χ3n) is 2.79. The quantitative estimate of drug-likeness (QED) is 0.628. The van der Waals surface area contributed by atoms with E-state index in [2.05, 4.69) is 15.9 Å². The molecular formula is C14H9BrClF3. The summed E-state index contributed by atoms with van der Waals surface area (Å²) in [6.07, 6.45) is 0. The Morgan fingerprint density at radius 3 is 2.32 bits per heavy atom. The lowest BCUT2D eigenvalue weighted by atomic mass is 10.0. The lowest BCUT2D eigenvalue weighted by Gasteiger charge is -2.14. The Bertz CT molecular complexity index is 628. The van der Waals surface area contributed by atoms with Crippen molar-refractivity contribution >= 4 is 27.5 Å². The largest absolute Gasteiger partial charge is 0.207 e. The molecule has 0 heterocycles. The minimum Gasteiger partial charge on any atom is -0.207 e. The molecule has 0 bridgehead atoms. The summed E-state index contributed by atoms with van der Waals surface area (Å²) in [5, 5.41) is -0.825. The summed E-state index contributed by atoms with van der Waals surface area (Å²) >= 11 is 9.39. The van der Waals surface area contributed by atoms with Crippen molar-refractivity contribution in [2.24, 2.45) is 0 Å². The highest BCUT2D eigenvalue weighted by molar-refractivity contribution is 9.10. The normalized spacial score (nSPS) is 12.5. The van der Waals surface area contributed by atoms with Crippen LogP contribution in [0.1, 0.15) is 22.1 Å². The molecule has 0 amide bonds. The third-order valence-corrected chi connectivity index (χ3v) is 3.94. The van der Waals surface area contributed by atoms with E-state index in [1.165, 1.54) is 31.2 Å². The van der Waals surface area contributed by atoms with Gasteiger partial charge in [0.05, 0.1) is 5.38 Å². The Kier molecular flexibility index (Phi) is 4.21. The van der Waals surface area contributed by atoms with Crippen LogP contribution in [-0.4, -0.2) is 0 Å². The highest BCUT2D eigenvalue weighted by Gasteiger charge is 2.19. The van der Waals surface area contributed by atoms with Crippen molar-refractivity contribution in [3.05, 3.63) is 68.9 Å². The summed E-state index contributed by atoms with van der Waals surface area (Å²) in [6, 6.07) is 6.12. The van der Waals surface area contributed by atoms with E-state index in [4.69, 9.17) is 11.6 Å². The van der Waals surface area contributed by atoms with Crippen molar-refractivity contribution < 1.29 is 13.2 Å². The Hall–Kier alpha value is -1.00. The topological polar surface area (TPSA) is 0 Å². The monoisotopic (exact) mass is 348 g/mol. The third kappa shape index (κ3) is 2.95. The number of hydrogen-bond acceptors (Lipinski definition) is 0. The first-order valence-electron chi connectivity index (χ1n) is 5.44. The molecule has 0 aromatic heterocycles. The molecule has 1 atom stereocenters. The Morgan fingerprint density at radius 1 is 1.00 bits per heavy atom. The second-order valence-electron chi connectivity index (χ2n) is 4.15. The Labute approximate surface area is 122 Å². The zero-order valence-corrected chi connectivity index (χ0v) is 12.2. The van der Waals surface area contributed by atoms with Crippen LogP contribution in [0.2, 0.25) is 0 Å². The van der Waals surface area contributed by atoms with Gasteiger partial charge >= 0.3 is 0 Å². The van der Waals surface area contributed by atoms with Gasteiger partial charge in [0.1, 0.15) is 17.5 Å². The average Bonchev–Trinajstić information content (AvgIpc) is 2.33. The van der Waals surface area contributed by atoms with Gasteiger partial charge in [0.15, 0.2) is 0 Å². The van der Waals surface area contributed by atoms with E-state index in [1.54, 1.807) is 0 Å². The summed E-state index contributed by atoms with van der Waals surface area (Å²) in [4.78, 5) is 0. The predicted molar refractivity (Wildman–Crippen MR) is 72.9 cm³/mol. The van der Waals surface area contributed by atoms with Crippen molar-refractivity contribution in [2.75, 3.05) is 0 Å². The minimum atomic E-state index is -0.825. The summed E-state index contributed by atoms with van der Waals surface area (Å²) in [5.74, 6) is -1.77. The molecule has 0 nitrogen and oxygen atoms in total. The summed E-state index contributed by atoms with van der Waals surface area (Å²) in [6.45, 7) is 1.53. The summed E-state index contributed by atoms with van der Waals surface area (Å²) in [7, 11) is 0. The van der Waals surface area contributed by atoms with Crippen LogP contribution in [0, 0.1) is 24.4 Å². The van der Waals surface area contributed by atoms with Crippen molar-refractivity contribution in [1.82, 2.24) is 0 Å². The predicted octanol–water partition coefficient (Wildman–Crippen LogP) is 5.50. The fourth-order valence-corrected chi connectivity index (χ4v) is 2.82. The molecule has 0 aliphatic carbocycles. The number of aryl methyl sites for hydroxylation is 1. The number of rotatable bonds is 2. The summed E-state index contributed by atoms with van der Waals surface area (Å²) < 4.78 is 40.4. The molecule has 2 aromatic rings. The van der Waals surface area contributed by atoms with Crippen LogP contribution in [0.25, 0.3) is 0 Å². The van der Waals surface area contributed by atoms with Gasteiger partial charge in [0, 0.05) is 16.1 Å². The molecule has 0 saturated carbocycles. The zero-order valence-electron chi connectivity index (χ0n) is 9.85. The van der Waals surface area contributed by atoms with E-state index in [0.29, 0.717) is 15.6 Å². The zero-order chi connectivity index (χ0) is 14.2. The van der Waals surface area contributed by atoms with Crippen LogP contribution in [0.15, 0.2) is 34.8 Å². The maximum atomic E-state index is 13.8. The molecule has 0 saturated heterocycles. The average molecular weight is 350 g/mol. The molecular weight excluding hydrogens is 341 g/mol. The fraction of sp³-hybridized carbons (Fsp3) is 0.143. The van der Waals surface area contributed by atoms with Gasteiger partial charge in [-0.3, -0.25) is 0 Å². The molecule has 0 aliphatic rings. The van der Waals surface area contributed by atoms with Crippen LogP contribution < -0.4 is 0 Å². The standard InChI is InChI=1S/C14H9BrClF3/c1-7-4-10(13(19)6-12(7)18)14(16)9-3-2-8(17)5-11(9)15/h2-6,14H,1H3. The Morgan fingerprint density at radius 2 is 1.68 bits per heavy atom. The van der Waals surface area contributed by atoms with Crippen molar-refractivity contribution in [1.29, 1.82) is 0 Å². The SMILES string of the molecule is Cc1cc(C(Cl)c2ccc(F)cc2Br)c(F)cc1F. The lowest BCUT2D eigenvalue weighted by molar-refractivity contribution is 0.568. The lowest BCUT2D eigenvalue weighted by Crippen LogP contribution is -2.01. The molecule has 0 N–H and O–H groups in total. The van der Waals surface area contributed by atoms with Crippen LogP contribution in [0.4, 0.5) is 13.2 Å².